The van der Waals surface area contributed by atoms with Crippen LogP contribution in [-0.2, 0) is 0 Å². The van der Waals surface area contributed by atoms with Gasteiger partial charge in [0.2, 0.25) is 0 Å². The van der Waals surface area contributed by atoms with Gasteiger partial charge in [0, 0.05) is 37.6 Å². The number of hydrazine groups is 1. The summed E-state index contributed by atoms with van der Waals surface area (Å²) < 4.78 is 5.78. The Bertz CT molecular complexity index is 832. The third kappa shape index (κ3) is 3.80. The highest BCUT2D eigenvalue weighted by atomic mass is 16.3. The summed E-state index contributed by atoms with van der Waals surface area (Å²) in [6.07, 6.45) is 2.14. The summed E-state index contributed by atoms with van der Waals surface area (Å²) >= 11 is 0. The van der Waals surface area contributed by atoms with Gasteiger partial charge in [-0.1, -0.05) is 50.2 Å². The standard InChI is InChI=1S/C13H10O.C6H12N2.C2H6/c1-9-5-4-7-11-10-6-2-3-8-12(10)14-13(9)11;1-6-4-7(2)8(3)5-6;1-2/h2-8H,1H3;4H,5H2,1-3H3;1-2H3. The van der Waals surface area contributed by atoms with Crippen LogP contribution in [0.3, 0.4) is 0 Å². The third-order valence-electron chi connectivity index (χ3n) is 4.03. The van der Waals surface area contributed by atoms with Crippen LogP contribution in [0.4, 0.5) is 0 Å². The maximum atomic E-state index is 5.78. The van der Waals surface area contributed by atoms with Crippen LogP contribution in [0, 0.1) is 6.92 Å². The van der Waals surface area contributed by atoms with Crippen molar-refractivity contribution in [2.45, 2.75) is 27.7 Å². The summed E-state index contributed by atoms with van der Waals surface area (Å²) in [7, 11) is 4.13. The van der Waals surface area contributed by atoms with E-state index in [1.807, 2.05) is 32.0 Å². The van der Waals surface area contributed by atoms with Gasteiger partial charge in [0.05, 0.1) is 0 Å². The fraction of sp³-hybridized carbons (Fsp3) is 0.333. The number of aryl methyl sites for hydroxylation is 1. The largest absolute Gasteiger partial charge is 0.456 e. The summed E-state index contributed by atoms with van der Waals surface area (Å²) in [5, 5.41) is 6.66. The van der Waals surface area contributed by atoms with Crippen LogP contribution in [0.15, 0.2) is 58.7 Å². The van der Waals surface area contributed by atoms with E-state index in [1.54, 1.807) is 0 Å². The summed E-state index contributed by atoms with van der Waals surface area (Å²) in [6.45, 7) is 9.29. The van der Waals surface area contributed by atoms with Crippen molar-refractivity contribution in [2.24, 2.45) is 0 Å². The first-order valence-electron chi connectivity index (χ1n) is 8.54. The molecule has 0 amide bonds. The molecule has 3 heteroatoms. The molecule has 24 heavy (non-hydrogen) atoms. The molecule has 3 nitrogen and oxygen atoms in total. The van der Waals surface area contributed by atoms with Crippen molar-refractivity contribution in [3.8, 4) is 0 Å². The second kappa shape index (κ2) is 8.02. The number of hydrogen-bond donors (Lipinski definition) is 0. The summed E-state index contributed by atoms with van der Waals surface area (Å²) in [5.41, 5.74) is 4.60. The molecular weight excluding hydrogens is 296 g/mol. The molecule has 0 fully saturated rings. The van der Waals surface area contributed by atoms with Crippen molar-refractivity contribution in [3.05, 3.63) is 59.8 Å². The highest BCUT2D eigenvalue weighted by Crippen LogP contribution is 2.29. The normalized spacial score (nSPS) is 14.1. The van der Waals surface area contributed by atoms with Crippen LogP contribution in [-0.4, -0.2) is 30.7 Å². The lowest BCUT2D eigenvalue weighted by atomic mass is 10.1. The highest BCUT2D eigenvalue weighted by molar-refractivity contribution is 6.05. The number of hydrogen-bond acceptors (Lipinski definition) is 3. The lowest BCUT2D eigenvalue weighted by Gasteiger charge is -2.18. The SMILES string of the molecule is CC.CC1=CN(C)N(C)C1.Cc1cccc2c1oc1ccccc12. The van der Waals surface area contributed by atoms with Gasteiger partial charge in [-0.3, -0.25) is 0 Å². The molecular formula is C21H28N2O. The summed E-state index contributed by atoms with van der Waals surface area (Å²) in [5.74, 6) is 0. The zero-order valence-corrected chi connectivity index (χ0v) is 15.6. The van der Waals surface area contributed by atoms with E-state index < -0.39 is 0 Å². The predicted octanol–water partition coefficient (Wildman–Crippen LogP) is 5.60. The lowest BCUT2D eigenvalue weighted by molar-refractivity contribution is 0.116. The van der Waals surface area contributed by atoms with E-state index in [-0.39, 0.29) is 0 Å². The molecule has 0 saturated carbocycles. The van der Waals surface area contributed by atoms with Crippen LogP contribution in [0.1, 0.15) is 26.3 Å². The zero-order valence-electron chi connectivity index (χ0n) is 15.6. The average Bonchev–Trinajstić information content (AvgIpc) is 3.11. The Morgan fingerprint density at radius 3 is 2.12 bits per heavy atom. The number of furan rings is 1. The number of rotatable bonds is 0. The van der Waals surface area contributed by atoms with Crippen LogP contribution in [0.25, 0.3) is 21.9 Å². The molecule has 1 aromatic heterocycles. The Morgan fingerprint density at radius 2 is 1.54 bits per heavy atom. The summed E-state index contributed by atoms with van der Waals surface area (Å²) in [4.78, 5) is 0. The molecule has 3 aromatic rings. The molecule has 0 bridgehead atoms. The van der Waals surface area contributed by atoms with Crippen molar-refractivity contribution in [1.82, 2.24) is 10.0 Å². The quantitative estimate of drug-likeness (QED) is 0.536. The topological polar surface area (TPSA) is 19.6 Å². The van der Waals surface area contributed by atoms with Crippen molar-refractivity contribution in [3.63, 3.8) is 0 Å². The molecule has 0 atom stereocenters. The fourth-order valence-electron chi connectivity index (χ4n) is 2.82. The Labute approximate surface area is 145 Å². The number of nitrogens with zero attached hydrogens (tertiary/aromatic N) is 2. The maximum absolute atomic E-state index is 5.78. The Balaban J connectivity index is 0.000000179. The van der Waals surface area contributed by atoms with E-state index in [0.29, 0.717) is 0 Å². The summed E-state index contributed by atoms with van der Waals surface area (Å²) in [6, 6.07) is 14.4. The Kier molecular flexibility index (Phi) is 6.04. The first-order valence-corrected chi connectivity index (χ1v) is 8.54. The van der Waals surface area contributed by atoms with Gasteiger partial charge in [0.25, 0.3) is 0 Å². The first-order chi connectivity index (χ1) is 11.6. The van der Waals surface area contributed by atoms with E-state index in [2.05, 4.69) is 68.4 Å². The number of likely N-dealkylation sites (N-methyl/N-ethyl adjacent to an activating group) is 1. The van der Waals surface area contributed by atoms with Crippen LogP contribution in [0.2, 0.25) is 0 Å². The smallest absolute Gasteiger partial charge is 0.138 e. The van der Waals surface area contributed by atoms with Gasteiger partial charge in [-0.25, -0.2) is 5.01 Å². The number of fused-ring (bicyclic) bond motifs is 3. The highest BCUT2D eigenvalue weighted by Gasteiger charge is 2.09. The fourth-order valence-corrected chi connectivity index (χ4v) is 2.82. The molecule has 0 radical (unpaired) electrons. The Hall–Kier alpha value is -2.26. The minimum Gasteiger partial charge on any atom is -0.456 e. The maximum Gasteiger partial charge on any atom is 0.138 e. The van der Waals surface area contributed by atoms with Crippen LogP contribution >= 0.6 is 0 Å². The molecule has 1 aliphatic rings. The second-order valence-corrected chi connectivity index (χ2v) is 5.91. The molecule has 0 unspecified atom stereocenters. The third-order valence-corrected chi connectivity index (χ3v) is 4.03. The molecule has 0 N–H and O–H groups in total. The van der Waals surface area contributed by atoms with Gasteiger partial charge in [0.1, 0.15) is 11.2 Å². The molecule has 0 spiro atoms. The van der Waals surface area contributed by atoms with Gasteiger partial charge in [0.15, 0.2) is 0 Å². The van der Waals surface area contributed by atoms with Crippen LogP contribution < -0.4 is 0 Å². The molecule has 1 aliphatic heterocycles. The molecule has 128 valence electrons. The number of benzene rings is 2. The van der Waals surface area contributed by atoms with Gasteiger partial charge in [-0.2, -0.15) is 0 Å². The van der Waals surface area contributed by atoms with Crippen LogP contribution in [0.5, 0.6) is 0 Å². The van der Waals surface area contributed by atoms with E-state index in [0.717, 1.165) is 17.7 Å². The minimum absolute atomic E-state index is 0.969. The molecule has 2 aromatic carbocycles. The molecule has 0 aliphatic carbocycles. The van der Waals surface area contributed by atoms with E-state index in [1.165, 1.54) is 21.9 Å². The second-order valence-electron chi connectivity index (χ2n) is 5.91. The van der Waals surface area contributed by atoms with Crippen molar-refractivity contribution < 1.29 is 4.42 Å². The Morgan fingerprint density at radius 1 is 0.875 bits per heavy atom. The van der Waals surface area contributed by atoms with E-state index in [9.17, 15) is 0 Å². The minimum atomic E-state index is 0.969. The molecule has 4 rings (SSSR count). The van der Waals surface area contributed by atoms with Crippen molar-refractivity contribution >= 4 is 21.9 Å². The van der Waals surface area contributed by atoms with Crippen molar-refractivity contribution in [2.75, 3.05) is 20.6 Å². The monoisotopic (exact) mass is 324 g/mol. The van der Waals surface area contributed by atoms with Gasteiger partial charge < -0.3 is 9.43 Å². The lowest BCUT2D eigenvalue weighted by Crippen LogP contribution is -2.27. The number of para-hydroxylation sites is 2. The molecule has 2 heterocycles. The zero-order chi connectivity index (χ0) is 17.7. The van der Waals surface area contributed by atoms with E-state index in [4.69, 9.17) is 4.42 Å². The van der Waals surface area contributed by atoms with Crippen molar-refractivity contribution in [1.29, 1.82) is 0 Å². The van der Waals surface area contributed by atoms with Gasteiger partial charge in [-0.15, -0.1) is 0 Å². The predicted molar refractivity (Wildman–Crippen MR) is 104 cm³/mol. The average molecular weight is 324 g/mol. The van der Waals surface area contributed by atoms with E-state index >= 15 is 0 Å². The van der Waals surface area contributed by atoms with Gasteiger partial charge >= 0.3 is 0 Å². The van der Waals surface area contributed by atoms with Gasteiger partial charge in [-0.05, 0) is 31.1 Å². The molecule has 0 saturated heterocycles. The first kappa shape index (κ1) is 18.1.